The van der Waals surface area contributed by atoms with Gasteiger partial charge in [-0.2, -0.15) is 8.42 Å². The van der Waals surface area contributed by atoms with Gasteiger partial charge in [0.15, 0.2) is 0 Å². The van der Waals surface area contributed by atoms with Crippen molar-refractivity contribution in [3.05, 3.63) is 10.4 Å². The van der Waals surface area contributed by atoms with E-state index in [-0.39, 0.29) is 33.0 Å². The third kappa shape index (κ3) is 25.8. The van der Waals surface area contributed by atoms with Gasteiger partial charge in [-0.05, 0) is 5.53 Å². The number of hydrogen-bond donors (Lipinski definition) is 2. The fraction of sp³-hybridized carbons (Fsp3) is 1.00. The first kappa shape index (κ1) is 21.4. The number of nitrogens with zero attached hydrogens (tertiary/aromatic N) is 3. The predicted octanol–water partition coefficient (Wildman–Crippen LogP) is -0.723. The fourth-order valence-electron chi connectivity index (χ4n) is 0.728. The molecule has 0 heterocycles. The average molecular weight is 315 g/mol. The second kappa shape index (κ2) is 16.1. The van der Waals surface area contributed by atoms with E-state index in [4.69, 9.17) is 25.2 Å². The van der Waals surface area contributed by atoms with Crippen LogP contribution >= 0.6 is 0 Å². The molecule has 0 radical (unpaired) electrons. The lowest BCUT2D eigenvalue weighted by Gasteiger charge is -2.01. The van der Waals surface area contributed by atoms with Gasteiger partial charge in [0.1, 0.15) is 0 Å². The predicted molar refractivity (Wildman–Crippen MR) is 70.6 cm³/mol. The highest BCUT2D eigenvalue weighted by Crippen LogP contribution is 1.85. The molecule has 120 valence electrons. The van der Waals surface area contributed by atoms with Gasteiger partial charge < -0.3 is 19.7 Å². The van der Waals surface area contributed by atoms with Crippen LogP contribution in [0.1, 0.15) is 0 Å². The van der Waals surface area contributed by atoms with Crippen LogP contribution in [0.15, 0.2) is 5.11 Å². The van der Waals surface area contributed by atoms with Gasteiger partial charge in [-0.3, -0.25) is 4.18 Å². The topological polar surface area (TPSA) is 151 Å². The summed E-state index contributed by atoms with van der Waals surface area (Å²) in [4.78, 5) is 2.52. The Balaban J connectivity index is 0. The molecule has 0 saturated carbocycles. The molecule has 0 aliphatic heterocycles. The van der Waals surface area contributed by atoms with Crippen LogP contribution < -0.4 is 0 Å². The molecule has 0 atom stereocenters. The molecule has 0 aromatic rings. The van der Waals surface area contributed by atoms with E-state index >= 15 is 0 Å². The molecule has 0 spiro atoms. The Kier molecular flexibility index (Phi) is 17.2. The Hall–Kier alpha value is -0.940. The summed E-state index contributed by atoms with van der Waals surface area (Å²) >= 11 is 0. The first-order valence-electron chi connectivity index (χ1n) is 5.70. The molecule has 2 N–H and O–H groups in total. The van der Waals surface area contributed by atoms with Crippen LogP contribution in [0.5, 0.6) is 0 Å². The SMILES string of the molecule is CS(=O)(=O)OCCOCCO.[N-]=[N+]=NCCOCCO. The fourth-order valence-corrected chi connectivity index (χ4v) is 1.10. The maximum Gasteiger partial charge on any atom is 0.264 e. The first-order valence-corrected chi connectivity index (χ1v) is 7.52. The lowest BCUT2D eigenvalue weighted by atomic mass is 10.7. The maximum absolute atomic E-state index is 10.3. The van der Waals surface area contributed by atoms with Gasteiger partial charge in [0.25, 0.3) is 10.1 Å². The van der Waals surface area contributed by atoms with Crippen LogP contribution in [-0.4, -0.2) is 77.7 Å². The monoisotopic (exact) mass is 315 g/mol. The molecule has 0 aromatic heterocycles. The summed E-state index contributed by atoms with van der Waals surface area (Å²) in [6, 6.07) is 0. The van der Waals surface area contributed by atoms with E-state index in [1.807, 2.05) is 0 Å². The molecule has 0 aliphatic carbocycles. The largest absolute Gasteiger partial charge is 0.394 e. The van der Waals surface area contributed by atoms with Crippen LogP contribution in [0, 0.1) is 0 Å². The number of aliphatic hydroxyl groups excluding tert-OH is 2. The highest BCUT2D eigenvalue weighted by atomic mass is 32.2. The summed E-state index contributed by atoms with van der Waals surface area (Å²) in [5, 5.41) is 19.7. The summed E-state index contributed by atoms with van der Waals surface area (Å²) in [5.74, 6) is 0. The molecule has 0 aromatic carbocycles. The standard InChI is InChI=1S/C5H12O5S.C4H9N3O2/c1-11(7,8)10-5-4-9-3-2-6;5-7-6-1-3-9-4-2-8/h6H,2-5H2,1H3;8H,1-4H2. The van der Waals surface area contributed by atoms with Crippen molar-refractivity contribution in [3.8, 4) is 0 Å². The van der Waals surface area contributed by atoms with E-state index in [1.165, 1.54) is 0 Å². The summed E-state index contributed by atoms with van der Waals surface area (Å²) in [7, 11) is -3.35. The van der Waals surface area contributed by atoms with Crippen molar-refractivity contribution in [2.45, 2.75) is 0 Å². The lowest BCUT2D eigenvalue weighted by molar-refractivity contribution is 0.0721. The minimum absolute atomic E-state index is 0.00116. The molecule has 0 bridgehead atoms. The highest BCUT2D eigenvalue weighted by Gasteiger charge is 1.99. The zero-order valence-electron chi connectivity index (χ0n) is 11.3. The molecular weight excluding hydrogens is 294 g/mol. The van der Waals surface area contributed by atoms with E-state index in [2.05, 4.69) is 14.2 Å². The first-order chi connectivity index (χ1) is 9.47. The van der Waals surface area contributed by atoms with Crippen molar-refractivity contribution in [3.63, 3.8) is 0 Å². The molecule has 0 aliphatic rings. The number of rotatable bonds is 11. The normalized spacial score (nSPS) is 10.3. The van der Waals surface area contributed by atoms with Crippen molar-refractivity contribution in [2.75, 3.05) is 59.0 Å². The zero-order valence-corrected chi connectivity index (χ0v) is 12.2. The summed E-state index contributed by atoms with van der Waals surface area (Å²) in [6.07, 6.45) is 0.971. The third-order valence-electron chi connectivity index (χ3n) is 1.40. The molecule has 0 rings (SSSR count). The van der Waals surface area contributed by atoms with Crippen molar-refractivity contribution < 1.29 is 32.3 Å². The van der Waals surface area contributed by atoms with Gasteiger partial charge in [0, 0.05) is 11.5 Å². The van der Waals surface area contributed by atoms with E-state index in [9.17, 15) is 8.42 Å². The maximum atomic E-state index is 10.3. The third-order valence-corrected chi connectivity index (χ3v) is 1.99. The number of aliphatic hydroxyl groups is 2. The van der Waals surface area contributed by atoms with Gasteiger partial charge in [-0.25, -0.2) is 0 Å². The second-order valence-corrected chi connectivity index (χ2v) is 4.80. The molecule has 0 saturated heterocycles. The van der Waals surface area contributed by atoms with Crippen molar-refractivity contribution >= 4 is 10.1 Å². The number of ether oxygens (including phenoxy) is 2. The van der Waals surface area contributed by atoms with Crippen LogP contribution in [0.25, 0.3) is 10.4 Å². The molecule has 0 unspecified atom stereocenters. The lowest BCUT2D eigenvalue weighted by Crippen LogP contribution is -2.10. The molecular formula is C9H21N3O7S. The van der Waals surface area contributed by atoms with Gasteiger partial charge in [-0.15, -0.1) is 0 Å². The van der Waals surface area contributed by atoms with Crippen LogP contribution in [0.4, 0.5) is 0 Å². The molecule has 0 fully saturated rings. The summed E-state index contributed by atoms with van der Waals surface area (Å²) in [5.41, 5.74) is 7.78. The molecule has 0 amide bonds. The Labute approximate surface area is 118 Å². The van der Waals surface area contributed by atoms with Crippen LogP contribution in [-0.2, 0) is 23.8 Å². The average Bonchev–Trinajstić information content (AvgIpc) is 2.38. The van der Waals surface area contributed by atoms with Gasteiger partial charge in [0.2, 0.25) is 0 Å². The molecule has 11 heteroatoms. The van der Waals surface area contributed by atoms with E-state index in [0.29, 0.717) is 19.8 Å². The Bertz CT molecular complexity index is 343. The zero-order chi connectivity index (χ0) is 15.7. The van der Waals surface area contributed by atoms with Gasteiger partial charge in [-0.1, -0.05) is 5.11 Å². The molecule has 20 heavy (non-hydrogen) atoms. The van der Waals surface area contributed by atoms with Crippen LogP contribution in [0.2, 0.25) is 0 Å². The van der Waals surface area contributed by atoms with E-state index < -0.39 is 10.1 Å². The van der Waals surface area contributed by atoms with E-state index in [0.717, 1.165) is 6.26 Å². The summed E-state index contributed by atoms with van der Waals surface area (Å²) in [6.45, 7) is 1.33. The van der Waals surface area contributed by atoms with Gasteiger partial charge >= 0.3 is 0 Å². The molecule has 10 nitrogen and oxygen atoms in total. The Morgan fingerprint density at radius 2 is 1.60 bits per heavy atom. The van der Waals surface area contributed by atoms with Gasteiger partial charge in [0.05, 0.1) is 52.5 Å². The number of hydrogen-bond acceptors (Lipinski definition) is 8. The van der Waals surface area contributed by atoms with E-state index in [1.54, 1.807) is 0 Å². The quantitative estimate of drug-likeness (QED) is 0.168. The Morgan fingerprint density at radius 3 is 2.05 bits per heavy atom. The van der Waals surface area contributed by atoms with Crippen molar-refractivity contribution in [1.29, 1.82) is 0 Å². The minimum atomic E-state index is -3.35. The second-order valence-electron chi connectivity index (χ2n) is 3.15. The van der Waals surface area contributed by atoms with Crippen LogP contribution in [0.3, 0.4) is 0 Å². The number of azide groups is 1. The van der Waals surface area contributed by atoms with Crippen molar-refractivity contribution in [2.24, 2.45) is 5.11 Å². The smallest absolute Gasteiger partial charge is 0.264 e. The summed E-state index contributed by atoms with van der Waals surface area (Å²) < 4.78 is 34.5. The minimum Gasteiger partial charge on any atom is -0.394 e. The Morgan fingerprint density at radius 1 is 1.05 bits per heavy atom. The van der Waals surface area contributed by atoms with Crippen molar-refractivity contribution in [1.82, 2.24) is 0 Å². The highest BCUT2D eigenvalue weighted by molar-refractivity contribution is 7.85.